The smallest absolute Gasteiger partial charge is 0.478 e. The van der Waals surface area contributed by atoms with Gasteiger partial charge in [-0.05, 0) is 35.4 Å². The van der Waals surface area contributed by atoms with Gasteiger partial charge < -0.3 is 9.63 Å². The van der Waals surface area contributed by atoms with Crippen LogP contribution in [0.15, 0.2) is 84.9 Å². The van der Waals surface area contributed by atoms with Crippen LogP contribution in [0.4, 0.5) is 0 Å². The average molecular weight is 506 g/mol. The van der Waals surface area contributed by atoms with E-state index in [-0.39, 0.29) is 46.9 Å². The fourth-order valence-corrected chi connectivity index (χ4v) is 3.51. The van der Waals surface area contributed by atoms with E-state index in [1.807, 2.05) is 60.7 Å². The van der Waals surface area contributed by atoms with Crippen molar-refractivity contribution in [3.05, 3.63) is 102 Å². The molecule has 0 aliphatic rings. The van der Waals surface area contributed by atoms with Crippen LogP contribution in [0, 0.1) is 0 Å². The van der Waals surface area contributed by atoms with Gasteiger partial charge in [0.15, 0.2) is 0 Å². The normalized spacial score (nSPS) is 10.8. The van der Waals surface area contributed by atoms with E-state index in [4.69, 9.17) is 18.7 Å². The molecule has 3 aromatic carbocycles. The molecule has 155 valence electrons. The minimum Gasteiger partial charge on any atom is -0.478 e. The second-order valence-electron chi connectivity index (χ2n) is 5.89. The maximum atomic E-state index is 13.2. The molecular formula is C21H19AgO6P. The Hall–Kier alpha value is -2.18. The first-order valence-electron chi connectivity index (χ1n) is 8.54. The molecule has 29 heavy (non-hydrogen) atoms. The Morgan fingerprint density at radius 2 is 1.21 bits per heavy atom. The maximum Gasteiger partial charge on any atom is 0.530 e. The van der Waals surface area contributed by atoms with Crippen LogP contribution in [-0.2, 0) is 49.2 Å². The molecule has 0 amide bonds. The number of rotatable bonds is 9. The summed E-state index contributed by atoms with van der Waals surface area (Å²) in [5.74, 6) is -0.871. The first-order valence-corrected chi connectivity index (χ1v) is 10.00. The van der Waals surface area contributed by atoms with Crippen molar-refractivity contribution in [1.82, 2.24) is 0 Å². The van der Waals surface area contributed by atoms with Crippen molar-refractivity contribution >= 4 is 13.8 Å². The number of benzene rings is 3. The van der Waals surface area contributed by atoms with Crippen LogP contribution in [0.1, 0.15) is 21.5 Å². The van der Waals surface area contributed by atoms with Crippen LogP contribution in [0.2, 0.25) is 0 Å². The summed E-state index contributed by atoms with van der Waals surface area (Å²) in [5.41, 5.74) is 1.73. The zero-order chi connectivity index (χ0) is 19.8. The fraction of sp³-hybridized carbons (Fsp3) is 0.0952. The van der Waals surface area contributed by atoms with Gasteiger partial charge in [0, 0.05) is 22.4 Å². The first-order chi connectivity index (χ1) is 13.5. The van der Waals surface area contributed by atoms with E-state index in [1.165, 1.54) is 24.3 Å². The van der Waals surface area contributed by atoms with E-state index >= 15 is 0 Å². The molecule has 0 saturated heterocycles. The van der Waals surface area contributed by atoms with E-state index in [2.05, 4.69) is 0 Å². The standard InChI is InChI=1S/C21H19O6P.Ag/c22-21(23)19-11-13-20(14-12-19)27-28(24,25-15-17-7-3-1-4-8-17)26-16-18-9-5-2-6-10-18;/h1-14H,15-16H2,(H,22,23);. The molecule has 0 fully saturated rings. The largest absolute Gasteiger partial charge is 0.530 e. The van der Waals surface area contributed by atoms with Crippen LogP contribution in [-0.4, -0.2) is 11.1 Å². The fourth-order valence-electron chi connectivity index (χ4n) is 2.33. The first kappa shape index (κ1) is 23.1. The van der Waals surface area contributed by atoms with Gasteiger partial charge >= 0.3 is 13.8 Å². The number of hydrogen-bond donors (Lipinski definition) is 1. The van der Waals surface area contributed by atoms with Gasteiger partial charge in [0.05, 0.1) is 18.8 Å². The molecule has 0 saturated carbocycles. The summed E-state index contributed by atoms with van der Waals surface area (Å²) in [4.78, 5) is 11.0. The minimum atomic E-state index is -3.96. The molecule has 0 atom stereocenters. The number of aromatic carboxylic acids is 1. The monoisotopic (exact) mass is 505 g/mol. The summed E-state index contributed by atoms with van der Waals surface area (Å²) in [7, 11) is -3.96. The predicted octanol–water partition coefficient (Wildman–Crippen LogP) is 5.30. The third kappa shape index (κ3) is 7.29. The van der Waals surface area contributed by atoms with Gasteiger partial charge in [0.25, 0.3) is 0 Å². The molecule has 1 N–H and O–H groups in total. The van der Waals surface area contributed by atoms with Gasteiger partial charge in [0.1, 0.15) is 5.75 Å². The number of hydrogen-bond acceptors (Lipinski definition) is 5. The minimum absolute atomic E-state index is 0. The van der Waals surface area contributed by atoms with E-state index < -0.39 is 13.8 Å². The Morgan fingerprint density at radius 3 is 1.62 bits per heavy atom. The van der Waals surface area contributed by atoms with Crippen molar-refractivity contribution in [3.8, 4) is 5.75 Å². The third-order valence-electron chi connectivity index (χ3n) is 3.78. The molecule has 0 heterocycles. The molecule has 0 bridgehead atoms. The summed E-state index contributed by atoms with van der Waals surface area (Å²) in [6.45, 7) is 0.0836. The maximum absolute atomic E-state index is 13.2. The van der Waals surface area contributed by atoms with Gasteiger partial charge in [0.2, 0.25) is 0 Å². The van der Waals surface area contributed by atoms with E-state index in [0.29, 0.717) is 0 Å². The van der Waals surface area contributed by atoms with E-state index in [0.717, 1.165) is 11.1 Å². The topological polar surface area (TPSA) is 82.1 Å². The van der Waals surface area contributed by atoms with Gasteiger partial charge in [-0.25, -0.2) is 9.36 Å². The molecule has 0 aliphatic carbocycles. The van der Waals surface area contributed by atoms with Crippen molar-refractivity contribution in [2.75, 3.05) is 0 Å². The Labute approximate surface area is 184 Å². The summed E-state index contributed by atoms with van der Waals surface area (Å²) in [6, 6.07) is 24.0. The quantitative estimate of drug-likeness (QED) is 0.313. The van der Waals surface area contributed by atoms with Gasteiger partial charge in [-0.2, -0.15) is 0 Å². The van der Waals surface area contributed by atoms with Crippen LogP contribution in [0.25, 0.3) is 0 Å². The molecule has 3 rings (SSSR count). The zero-order valence-corrected chi connectivity index (χ0v) is 17.6. The molecule has 1 radical (unpaired) electrons. The van der Waals surface area contributed by atoms with Crippen molar-refractivity contribution in [3.63, 3.8) is 0 Å². The zero-order valence-electron chi connectivity index (χ0n) is 15.2. The average Bonchev–Trinajstić information content (AvgIpc) is 2.73. The van der Waals surface area contributed by atoms with Crippen LogP contribution in [0.5, 0.6) is 5.75 Å². The molecule has 8 heteroatoms. The Morgan fingerprint density at radius 1 is 0.759 bits per heavy atom. The van der Waals surface area contributed by atoms with Gasteiger partial charge in [-0.3, -0.25) is 9.05 Å². The number of carboxylic acids is 1. The molecule has 0 aromatic heterocycles. The SMILES string of the molecule is O=C(O)c1ccc(OP(=O)(OCc2ccccc2)OCc2ccccc2)cc1.[Ag]. The summed E-state index contributed by atoms with van der Waals surface area (Å²) >= 11 is 0. The second kappa shape index (κ2) is 11.1. The molecule has 3 aromatic rings. The predicted molar refractivity (Wildman–Crippen MR) is 104 cm³/mol. The number of carbonyl (C=O) groups is 1. The molecular weight excluding hydrogens is 487 g/mol. The second-order valence-corrected chi connectivity index (χ2v) is 7.48. The number of phosphoric ester groups is 1. The Bertz CT molecular complexity index is 900. The number of phosphoric acid groups is 1. The van der Waals surface area contributed by atoms with Crippen molar-refractivity contribution in [1.29, 1.82) is 0 Å². The Kier molecular flexibility index (Phi) is 8.86. The molecule has 6 nitrogen and oxygen atoms in total. The van der Waals surface area contributed by atoms with Crippen LogP contribution >= 0.6 is 7.82 Å². The van der Waals surface area contributed by atoms with Gasteiger partial charge in [-0.1, -0.05) is 60.7 Å². The summed E-state index contributed by atoms with van der Waals surface area (Å²) in [5, 5.41) is 8.98. The molecule has 0 spiro atoms. The number of carboxylic acid groups (broad SMARTS) is 1. The van der Waals surface area contributed by atoms with E-state index in [1.54, 1.807) is 0 Å². The summed E-state index contributed by atoms with van der Waals surface area (Å²) < 4.78 is 29.7. The van der Waals surface area contributed by atoms with Gasteiger partial charge in [-0.15, -0.1) is 0 Å². The van der Waals surface area contributed by atoms with Crippen molar-refractivity contribution in [2.45, 2.75) is 13.2 Å². The van der Waals surface area contributed by atoms with Crippen LogP contribution in [0.3, 0.4) is 0 Å². The Balaban J connectivity index is 0.00000300. The van der Waals surface area contributed by atoms with E-state index in [9.17, 15) is 9.36 Å². The molecule has 0 aliphatic heterocycles. The summed E-state index contributed by atoms with van der Waals surface area (Å²) in [6.07, 6.45) is 0. The van der Waals surface area contributed by atoms with Crippen molar-refractivity contribution < 1.29 is 50.4 Å². The van der Waals surface area contributed by atoms with Crippen molar-refractivity contribution in [2.24, 2.45) is 0 Å². The molecule has 0 unspecified atom stereocenters. The third-order valence-corrected chi connectivity index (χ3v) is 5.11. The van der Waals surface area contributed by atoms with Crippen LogP contribution < -0.4 is 4.52 Å².